The SMILES string of the molecule is COC[C@H]1CNC[C@@H](COC)C1.Cl. The molecule has 1 N–H and O–H groups in total. The van der Waals surface area contributed by atoms with Crippen LogP contribution in [0.15, 0.2) is 0 Å². The lowest BCUT2D eigenvalue weighted by molar-refractivity contribution is 0.0859. The number of piperidine rings is 1. The van der Waals surface area contributed by atoms with Gasteiger partial charge in [-0.25, -0.2) is 0 Å². The fourth-order valence-corrected chi connectivity index (χ4v) is 1.85. The number of hydrogen-bond donors (Lipinski definition) is 1. The largest absolute Gasteiger partial charge is 0.384 e. The first-order valence-electron chi connectivity index (χ1n) is 4.55. The normalized spacial score (nSPS) is 28.2. The van der Waals surface area contributed by atoms with Gasteiger partial charge in [-0.15, -0.1) is 12.4 Å². The predicted molar refractivity (Wildman–Crippen MR) is 55.5 cm³/mol. The van der Waals surface area contributed by atoms with Crippen LogP contribution < -0.4 is 5.32 Å². The Hall–Kier alpha value is 0.170. The molecule has 0 aliphatic carbocycles. The van der Waals surface area contributed by atoms with Gasteiger partial charge >= 0.3 is 0 Å². The van der Waals surface area contributed by atoms with Gasteiger partial charge in [0.15, 0.2) is 0 Å². The van der Waals surface area contributed by atoms with Crippen LogP contribution in [0.4, 0.5) is 0 Å². The molecule has 4 heteroatoms. The molecule has 1 aliphatic heterocycles. The van der Waals surface area contributed by atoms with Crippen molar-refractivity contribution in [3.63, 3.8) is 0 Å². The van der Waals surface area contributed by atoms with Crippen LogP contribution in [0.3, 0.4) is 0 Å². The summed E-state index contributed by atoms with van der Waals surface area (Å²) >= 11 is 0. The third kappa shape index (κ3) is 4.81. The Bertz CT molecular complexity index is 108. The van der Waals surface area contributed by atoms with Gasteiger partial charge in [0.05, 0.1) is 13.2 Å². The zero-order chi connectivity index (χ0) is 8.81. The molecule has 3 nitrogen and oxygen atoms in total. The van der Waals surface area contributed by atoms with Gasteiger partial charge in [-0.2, -0.15) is 0 Å². The van der Waals surface area contributed by atoms with E-state index in [0.717, 1.165) is 26.3 Å². The molecule has 1 heterocycles. The van der Waals surface area contributed by atoms with E-state index in [0.29, 0.717) is 11.8 Å². The van der Waals surface area contributed by atoms with Gasteiger partial charge in [-0.1, -0.05) is 0 Å². The van der Waals surface area contributed by atoms with Gasteiger partial charge < -0.3 is 14.8 Å². The molecule has 0 spiro atoms. The number of methoxy groups -OCH3 is 2. The summed E-state index contributed by atoms with van der Waals surface area (Å²) in [6.07, 6.45) is 1.23. The molecular weight excluding hydrogens is 190 g/mol. The lowest BCUT2D eigenvalue weighted by Crippen LogP contribution is -2.39. The van der Waals surface area contributed by atoms with E-state index in [2.05, 4.69) is 5.32 Å². The molecular formula is C9H20ClNO2. The molecule has 13 heavy (non-hydrogen) atoms. The first kappa shape index (κ1) is 13.2. The molecule has 0 aromatic heterocycles. The van der Waals surface area contributed by atoms with Crippen LogP contribution >= 0.6 is 12.4 Å². The van der Waals surface area contributed by atoms with Gasteiger partial charge in [-0.3, -0.25) is 0 Å². The van der Waals surface area contributed by atoms with Crippen molar-refractivity contribution < 1.29 is 9.47 Å². The summed E-state index contributed by atoms with van der Waals surface area (Å²) in [7, 11) is 3.53. The summed E-state index contributed by atoms with van der Waals surface area (Å²) in [5.74, 6) is 1.34. The van der Waals surface area contributed by atoms with Crippen molar-refractivity contribution in [2.24, 2.45) is 11.8 Å². The molecule has 1 rings (SSSR count). The zero-order valence-corrected chi connectivity index (χ0v) is 9.23. The highest BCUT2D eigenvalue weighted by molar-refractivity contribution is 5.85. The van der Waals surface area contributed by atoms with E-state index in [1.54, 1.807) is 14.2 Å². The second-order valence-corrected chi connectivity index (χ2v) is 3.54. The third-order valence-electron chi connectivity index (χ3n) is 2.34. The van der Waals surface area contributed by atoms with Crippen molar-refractivity contribution in [2.45, 2.75) is 6.42 Å². The van der Waals surface area contributed by atoms with Crippen LogP contribution in [0.2, 0.25) is 0 Å². The lowest BCUT2D eigenvalue weighted by Gasteiger charge is -2.28. The Morgan fingerprint density at radius 3 is 1.92 bits per heavy atom. The maximum absolute atomic E-state index is 5.13. The van der Waals surface area contributed by atoms with Gasteiger partial charge in [-0.05, 0) is 18.3 Å². The monoisotopic (exact) mass is 209 g/mol. The highest BCUT2D eigenvalue weighted by Gasteiger charge is 2.20. The number of halogens is 1. The molecule has 1 fully saturated rings. The Labute approximate surface area is 86.6 Å². The topological polar surface area (TPSA) is 30.5 Å². The van der Waals surface area contributed by atoms with Crippen molar-refractivity contribution in [2.75, 3.05) is 40.5 Å². The minimum absolute atomic E-state index is 0. The highest BCUT2D eigenvalue weighted by Crippen LogP contribution is 2.16. The fourth-order valence-electron chi connectivity index (χ4n) is 1.85. The number of rotatable bonds is 4. The maximum Gasteiger partial charge on any atom is 0.0502 e. The minimum atomic E-state index is 0. The minimum Gasteiger partial charge on any atom is -0.384 e. The second kappa shape index (κ2) is 7.56. The molecule has 0 aromatic carbocycles. The summed E-state index contributed by atoms with van der Waals surface area (Å²) in [5, 5.41) is 3.39. The van der Waals surface area contributed by atoms with Gasteiger partial charge in [0.2, 0.25) is 0 Å². The van der Waals surface area contributed by atoms with E-state index in [1.165, 1.54) is 6.42 Å². The number of ether oxygens (including phenoxy) is 2. The van der Waals surface area contributed by atoms with Gasteiger partial charge in [0, 0.05) is 27.3 Å². The Morgan fingerprint density at radius 1 is 1.08 bits per heavy atom. The second-order valence-electron chi connectivity index (χ2n) is 3.54. The number of hydrogen-bond acceptors (Lipinski definition) is 3. The molecule has 0 bridgehead atoms. The van der Waals surface area contributed by atoms with Crippen molar-refractivity contribution in [1.29, 1.82) is 0 Å². The average molecular weight is 210 g/mol. The summed E-state index contributed by atoms with van der Waals surface area (Å²) < 4.78 is 10.3. The van der Waals surface area contributed by atoms with E-state index in [1.807, 2.05) is 0 Å². The van der Waals surface area contributed by atoms with Crippen LogP contribution in [0.25, 0.3) is 0 Å². The van der Waals surface area contributed by atoms with E-state index >= 15 is 0 Å². The smallest absolute Gasteiger partial charge is 0.0502 e. The number of nitrogens with one attached hydrogen (secondary N) is 1. The molecule has 0 aromatic rings. The Balaban J connectivity index is 0.00000144. The van der Waals surface area contributed by atoms with Crippen LogP contribution in [0.5, 0.6) is 0 Å². The van der Waals surface area contributed by atoms with E-state index in [-0.39, 0.29) is 12.4 Å². The summed E-state index contributed by atoms with van der Waals surface area (Å²) in [5.41, 5.74) is 0. The van der Waals surface area contributed by atoms with Crippen LogP contribution in [-0.4, -0.2) is 40.5 Å². The molecule has 1 aliphatic rings. The van der Waals surface area contributed by atoms with Crippen molar-refractivity contribution in [3.8, 4) is 0 Å². The van der Waals surface area contributed by atoms with Gasteiger partial charge in [0.1, 0.15) is 0 Å². The lowest BCUT2D eigenvalue weighted by atomic mass is 9.92. The van der Waals surface area contributed by atoms with Crippen LogP contribution in [0, 0.1) is 11.8 Å². The van der Waals surface area contributed by atoms with Gasteiger partial charge in [0.25, 0.3) is 0 Å². The molecule has 0 radical (unpaired) electrons. The van der Waals surface area contributed by atoms with E-state index in [9.17, 15) is 0 Å². The molecule has 1 saturated heterocycles. The molecule has 0 amide bonds. The Morgan fingerprint density at radius 2 is 1.54 bits per heavy atom. The highest BCUT2D eigenvalue weighted by atomic mass is 35.5. The first-order valence-corrected chi connectivity index (χ1v) is 4.55. The molecule has 2 atom stereocenters. The zero-order valence-electron chi connectivity index (χ0n) is 8.41. The average Bonchev–Trinajstić information content (AvgIpc) is 2.06. The summed E-state index contributed by atoms with van der Waals surface area (Å²) in [6, 6.07) is 0. The van der Waals surface area contributed by atoms with Crippen LogP contribution in [-0.2, 0) is 9.47 Å². The van der Waals surface area contributed by atoms with Crippen molar-refractivity contribution in [3.05, 3.63) is 0 Å². The molecule has 80 valence electrons. The van der Waals surface area contributed by atoms with Crippen molar-refractivity contribution >= 4 is 12.4 Å². The Kier molecular flexibility index (Phi) is 7.66. The summed E-state index contributed by atoms with van der Waals surface area (Å²) in [6.45, 7) is 3.92. The molecule has 0 unspecified atom stereocenters. The maximum atomic E-state index is 5.13. The standard InChI is InChI=1S/C9H19NO2.ClH/c1-11-6-8-3-9(7-12-2)5-10-4-8;/h8-10H,3-7H2,1-2H3;1H/t8-,9+;. The van der Waals surface area contributed by atoms with Crippen LogP contribution in [0.1, 0.15) is 6.42 Å². The third-order valence-corrected chi connectivity index (χ3v) is 2.34. The van der Waals surface area contributed by atoms with E-state index < -0.39 is 0 Å². The van der Waals surface area contributed by atoms with E-state index in [4.69, 9.17) is 9.47 Å². The summed E-state index contributed by atoms with van der Waals surface area (Å²) in [4.78, 5) is 0. The first-order chi connectivity index (χ1) is 5.86. The fraction of sp³-hybridized carbons (Fsp3) is 1.00. The van der Waals surface area contributed by atoms with Crippen molar-refractivity contribution in [1.82, 2.24) is 5.32 Å². The molecule has 0 saturated carbocycles. The predicted octanol–water partition coefficient (Wildman–Crippen LogP) is 0.927. The quantitative estimate of drug-likeness (QED) is 0.747.